The minimum atomic E-state index is -0.632. The molecule has 0 spiro atoms. The van der Waals surface area contributed by atoms with Crippen molar-refractivity contribution in [1.29, 1.82) is 0 Å². The van der Waals surface area contributed by atoms with Gasteiger partial charge in [-0.2, -0.15) is 0 Å². The van der Waals surface area contributed by atoms with Crippen LogP contribution in [-0.2, 0) is 24.1 Å². The third-order valence-electron chi connectivity index (χ3n) is 7.86. The number of ether oxygens (including phenoxy) is 4. The van der Waals surface area contributed by atoms with Crippen LogP contribution in [0.4, 0.5) is 0 Å². The lowest BCUT2D eigenvalue weighted by Crippen LogP contribution is -2.45. The molecule has 0 unspecified atom stereocenters. The van der Waals surface area contributed by atoms with Crippen LogP contribution < -0.4 is 24.3 Å². The van der Waals surface area contributed by atoms with Gasteiger partial charge in [0.2, 0.25) is 5.91 Å². The molecule has 8 heteroatoms. The maximum absolute atomic E-state index is 13.4. The maximum Gasteiger partial charge on any atom is 0.234 e. The van der Waals surface area contributed by atoms with Crippen LogP contribution in [0.1, 0.15) is 39.9 Å². The summed E-state index contributed by atoms with van der Waals surface area (Å²) in [6.45, 7) is 0.912. The van der Waals surface area contributed by atoms with Crippen molar-refractivity contribution < 1.29 is 28.8 Å². The highest BCUT2D eigenvalue weighted by molar-refractivity contribution is 5.79. The third-order valence-corrected chi connectivity index (χ3v) is 7.86. The van der Waals surface area contributed by atoms with E-state index < -0.39 is 12.1 Å². The zero-order valence-corrected chi connectivity index (χ0v) is 22.9. The van der Waals surface area contributed by atoms with E-state index >= 15 is 0 Å². The molecule has 0 saturated heterocycles. The molecule has 2 aliphatic rings. The number of nitrogens with zero attached hydrogens (tertiary/aromatic N) is 1. The molecule has 0 radical (unpaired) electrons. The van der Waals surface area contributed by atoms with Crippen LogP contribution in [0.3, 0.4) is 0 Å². The van der Waals surface area contributed by atoms with Crippen LogP contribution in [0.25, 0.3) is 0 Å². The lowest BCUT2D eigenvalue weighted by atomic mass is 9.88. The van der Waals surface area contributed by atoms with Crippen LogP contribution >= 0.6 is 0 Å². The largest absolute Gasteiger partial charge is 0.493 e. The third kappa shape index (κ3) is 5.40. The standard InChI is InChI=1S/C31H36N2O6/c1-36-26-10-9-19(14-27(26)37-2)13-24-23-17-29(39-4)28(38-3)16-21(23)11-12-33(24)18-30(35)32-31-22-8-6-5-7-20(22)15-25(31)34/h5-10,14,16-17,24-25,31,34H,11-13,15,18H2,1-4H3,(H,32,35)/t24-,25+,31-/m0/s1. The summed E-state index contributed by atoms with van der Waals surface area (Å²) in [5, 5.41) is 13.8. The first kappa shape index (κ1) is 26.8. The van der Waals surface area contributed by atoms with Crippen LogP contribution in [0, 0.1) is 0 Å². The number of benzene rings is 3. The van der Waals surface area contributed by atoms with Gasteiger partial charge in [-0.3, -0.25) is 9.69 Å². The Kier molecular flexibility index (Phi) is 7.95. The normalized spacial score (nSPS) is 20.1. The van der Waals surface area contributed by atoms with Crippen molar-refractivity contribution in [3.8, 4) is 23.0 Å². The number of methoxy groups -OCH3 is 4. The Balaban J connectivity index is 1.43. The molecule has 3 atom stereocenters. The Hall–Kier alpha value is -3.75. The molecule has 1 heterocycles. The summed E-state index contributed by atoms with van der Waals surface area (Å²) in [6, 6.07) is 17.4. The van der Waals surface area contributed by atoms with Gasteiger partial charge < -0.3 is 29.4 Å². The van der Waals surface area contributed by atoms with Crippen molar-refractivity contribution in [3.05, 3.63) is 82.4 Å². The van der Waals surface area contributed by atoms with Crippen LogP contribution in [0.2, 0.25) is 0 Å². The Morgan fingerprint density at radius 3 is 2.31 bits per heavy atom. The molecule has 8 nitrogen and oxygen atoms in total. The molecule has 0 saturated carbocycles. The van der Waals surface area contributed by atoms with Gasteiger partial charge >= 0.3 is 0 Å². The molecule has 0 aromatic heterocycles. The molecular formula is C31H36N2O6. The fourth-order valence-corrected chi connectivity index (χ4v) is 5.89. The van der Waals surface area contributed by atoms with Crippen molar-refractivity contribution in [1.82, 2.24) is 10.2 Å². The second-order valence-corrected chi connectivity index (χ2v) is 10.1. The first-order chi connectivity index (χ1) is 18.9. The number of carbonyl (C=O) groups excluding carboxylic acids is 1. The first-order valence-corrected chi connectivity index (χ1v) is 13.2. The van der Waals surface area contributed by atoms with Gasteiger partial charge in [0.1, 0.15) is 0 Å². The lowest BCUT2D eigenvalue weighted by Gasteiger charge is -2.38. The number of rotatable bonds is 9. The van der Waals surface area contributed by atoms with E-state index in [1.54, 1.807) is 28.4 Å². The Labute approximate surface area is 229 Å². The first-order valence-electron chi connectivity index (χ1n) is 13.2. The summed E-state index contributed by atoms with van der Waals surface area (Å²) in [5.74, 6) is 2.57. The quantitative estimate of drug-likeness (QED) is 0.435. The second-order valence-electron chi connectivity index (χ2n) is 10.1. The van der Waals surface area contributed by atoms with Crippen molar-refractivity contribution in [2.45, 2.75) is 37.5 Å². The monoisotopic (exact) mass is 532 g/mol. The number of fused-ring (bicyclic) bond motifs is 2. The predicted molar refractivity (Wildman–Crippen MR) is 148 cm³/mol. The van der Waals surface area contributed by atoms with E-state index in [9.17, 15) is 9.90 Å². The van der Waals surface area contributed by atoms with Gasteiger partial charge in [-0.15, -0.1) is 0 Å². The zero-order chi connectivity index (χ0) is 27.5. The molecular weight excluding hydrogens is 496 g/mol. The maximum atomic E-state index is 13.4. The van der Waals surface area contributed by atoms with E-state index in [-0.39, 0.29) is 18.5 Å². The highest BCUT2D eigenvalue weighted by Gasteiger charge is 2.34. The number of amides is 1. The zero-order valence-electron chi connectivity index (χ0n) is 22.9. The summed E-state index contributed by atoms with van der Waals surface area (Å²) < 4.78 is 22.2. The molecule has 1 amide bonds. The highest BCUT2D eigenvalue weighted by Crippen LogP contribution is 2.40. The number of hydrogen-bond acceptors (Lipinski definition) is 7. The van der Waals surface area contributed by atoms with Crippen molar-refractivity contribution in [2.24, 2.45) is 0 Å². The fourth-order valence-electron chi connectivity index (χ4n) is 5.89. The molecule has 206 valence electrons. The van der Waals surface area contributed by atoms with E-state index in [0.717, 1.165) is 28.7 Å². The van der Waals surface area contributed by atoms with E-state index in [2.05, 4.69) is 10.2 Å². The van der Waals surface area contributed by atoms with Gasteiger partial charge in [-0.05, 0) is 64.9 Å². The molecule has 1 aliphatic carbocycles. The number of aliphatic hydroxyl groups excluding tert-OH is 1. The number of carbonyl (C=O) groups is 1. The van der Waals surface area contributed by atoms with E-state index in [1.165, 1.54) is 5.56 Å². The summed E-state index contributed by atoms with van der Waals surface area (Å²) >= 11 is 0. The topological polar surface area (TPSA) is 89.5 Å². The van der Waals surface area contributed by atoms with Gasteiger partial charge in [0.05, 0.1) is 47.1 Å². The van der Waals surface area contributed by atoms with Gasteiger partial charge in [-0.25, -0.2) is 0 Å². The van der Waals surface area contributed by atoms with E-state index in [0.29, 0.717) is 42.4 Å². The van der Waals surface area contributed by atoms with Crippen molar-refractivity contribution in [3.63, 3.8) is 0 Å². The van der Waals surface area contributed by atoms with E-state index in [1.807, 2.05) is 54.6 Å². The Morgan fingerprint density at radius 2 is 1.56 bits per heavy atom. The molecule has 5 rings (SSSR count). The molecule has 3 aromatic carbocycles. The predicted octanol–water partition coefficient (Wildman–Crippen LogP) is 3.64. The Bertz CT molecular complexity index is 1340. The molecule has 2 N–H and O–H groups in total. The minimum absolute atomic E-state index is 0.0850. The van der Waals surface area contributed by atoms with Gasteiger partial charge in [0.15, 0.2) is 23.0 Å². The minimum Gasteiger partial charge on any atom is -0.493 e. The second kappa shape index (κ2) is 11.6. The number of aliphatic hydroxyl groups is 1. The number of nitrogens with one attached hydrogen (secondary N) is 1. The highest BCUT2D eigenvalue weighted by atomic mass is 16.5. The fraction of sp³-hybridized carbons (Fsp3) is 0.387. The average Bonchev–Trinajstić information content (AvgIpc) is 3.27. The summed E-state index contributed by atoms with van der Waals surface area (Å²) in [4.78, 5) is 15.6. The average molecular weight is 533 g/mol. The van der Waals surface area contributed by atoms with Crippen molar-refractivity contribution in [2.75, 3.05) is 41.5 Å². The molecule has 3 aromatic rings. The Morgan fingerprint density at radius 1 is 0.872 bits per heavy atom. The van der Waals surface area contributed by atoms with Crippen molar-refractivity contribution >= 4 is 5.91 Å². The lowest BCUT2D eigenvalue weighted by molar-refractivity contribution is -0.124. The van der Waals surface area contributed by atoms with Gasteiger partial charge in [0.25, 0.3) is 0 Å². The molecule has 0 fully saturated rings. The molecule has 39 heavy (non-hydrogen) atoms. The summed E-state index contributed by atoms with van der Waals surface area (Å²) in [7, 11) is 6.52. The van der Waals surface area contributed by atoms with Crippen LogP contribution in [-0.4, -0.2) is 63.5 Å². The molecule has 1 aliphatic heterocycles. The van der Waals surface area contributed by atoms with Crippen LogP contribution in [0.15, 0.2) is 54.6 Å². The number of hydrogen-bond donors (Lipinski definition) is 2. The van der Waals surface area contributed by atoms with E-state index in [4.69, 9.17) is 18.9 Å². The molecule has 0 bridgehead atoms. The summed E-state index contributed by atoms with van der Waals surface area (Å²) in [5.41, 5.74) is 5.41. The SMILES string of the molecule is COc1ccc(C[C@H]2c3cc(OC)c(OC)cc3CCN2CC(=O)N[C@H]2c3ccccc3C[C@H]2O)cc1OC. The van der Waals surface area contributed by atoms with Gasteiger partial charge in [-0.1, -0.05) is 30.3 Å². The summed E-state index contributed by atoms with van der Waals surface area (Å²) in [6.07, 6.45) is 1.35. The van der Waals surface area contributed by atoms with Crippen LogP contribution in [0.5, 0.6) is 23.0 Å². The smallest absolute Gasteiger partial charge is 0.234 e. The van der Waals surface area contributed by atoms with Gasteiger partial charge in [0, 0.05) is 19.0 Å².